The fraction of sp³-hybridized carbons (Fsp3) is 0.0909. The average molecular weight is 436 g/mol. The largest absolute Gasteiger partial charge is 0.484 e. The Hall–Kier alpha value is -3.91. The van der Waals surface area contributed by atoms with Crippen LogP contribution in [0.15, 0.2) is 73.3 Å². The third-order valence-electron chi connectivity index (χ3n) is 4.11. The molecule has 1 amide bonds. The first kappa shape index (κ1) is 20.4. The van der Waals surface area contributed by atoms with Crippen LogP contribution in [0.1, 0.15) is 5.82 Å². The maximum Gasteiger partial charge on any atom is 0.262 e. The zero-order chi connectivity index (χ0) is 21.6. The Morgan fingerprint density at radius 1 is 1.06 bits per heavy atom. The average Bonchev–Trinajstić information content (AvgIpc) is 3.29. The number of imidazole rings is 1. The number of ether oxygens (including phenoxy) is 2. The number of rotatable bonds is 7. The summed E-state index contributed by atoms with van der Waals surface area (Å²) in [6.45, 7) is 1.68. The molecule has 0 atom stereocenters. The van der Waals surface area contributed by atoms with Crippen LogP contribution >= 0.6 is 11.6 Å². The fourth-order valence-corrected chi connectivity index (χ4v) is 2.83. The molecule has 0 saturated carbocycles. The van der Waals surface area contributed by atoms with Crippen molar-refractivity contribution in [2.75, 3.05) is 11.9 Å². The maximum atomic E-state index is 12.1. The minimum absolute atomic E-state index is 0.114. The van der Waals surface area contributed by atoms with Crippen LogP contribution in [0.25, 0.3) is 5.82 Å². The molecular weight excluding hydrogens is 418 g/mol. The minimum atomic E-state index is -0.278. The number of hydrogen-bond donors (Lipinski definition) is 1. The van der Waals surface area contributed by atoms with Crippen LogP contribution in [0.4, 0.5) is 5.69 Å². The molecule has 1 N–H and O–H groups in total. The van der Waals surface area contributed by atoms with E-state index in [1.807, 2.05) is 0 Å². The highest BCUT2D eigenvalue weighted by molar-refractivity contribution is 6.30. The van der Waals surface area contributed by atoms with Gasteiger partial charge in [0.05, 0.1) is 0 Å². The number of carbonyl (C=O) groups excluding carboxylic acids is 1. The molecule has 2 aromatic carbocycles. The highest BCUT2D eigenvalue weighted by atomic mass is 35.5. The molecule has 0 saturated heterocycles. The van der Waals surface area contributed by atoms with Gasteiger partial charge in [-0.25, -0.2) is 9.97 Å². The summed E-state index contributed by atoms with van der Waals surface area (Å²) in [5, 5.41) is 3.38. The van der Waals surface area contributed by atoms with Crippen molar-refractivity contribution in [1.29, 1.82) is 0 Å². The van der Waals surface area contributed by atoms with E-state index in [4.69, 9.17) is 21.1 Å². The molecule has 0 aliphatic carbocycles. The van der Waals surface area contributed by atoms with Crippen LogP contribution in [0.2, 0.25) is 5.02 Å². The molecule has 2 heterocycles. The predicted molar refractivity (Wildman–Crippen MR) is 116 cm³/mol. The number of hydrogen-bond acceptors (Lipinski definition) is 6. The zero-order valence-corrected chi connectivity index (χ0v) is 17.3. The Balaban J connectivity index is 1.35. The lowest BCUT2D eigenvalue weighted by atomic mass is 10.3. The maximum absolute atomic E-state index is 12.1. The molecule has 4 aromatic rings. The van der Waals surface area contributed by atoms with Crippen LogP contribution in [-0.2, 0) is 4.79 Å². The molecular formula is C22H18ClN5O3. The normalized spacial score (nSPS) is 10.5. The Morgan fingerprint density at radius 3 is 2.52 bits per heavy atom. The summed E-state index contributed by atoms with van der Waals surface area (Å²) in [7, 11) is 0. The summed E-state index contributed by atoms with van der Waals surface area (Å²) in [5.41, 5.74) is 0.620. The standard InChI is InChI=1S/C22H18ClN5O3/c1-15-25-20(28-11-10-24-14-28)12-22(26-15)31-19-8-4-17(5-9-19)27-21(29)13-30-18-6-2-16(23)3-7-18/h2-12,14H,13H2,1H3,(H,27,29). The first-order valence-electron chi connectivity index (χ1n) is 9.35. The lowest BCUT2D eigenvalue weighted by Gasteiger charge is -2.10. The monoisotopic (exact) mass is 435 g/mol. The summed E-state index contributed by atoms with van der Waals surface area (Å²) in [6, 6.07) is 15.5. The third-order valence-corrected chi connectivity index (χ3v) is 4.37. The smallest absolute Gasteiger partial charge is 0.262 e. The lowest BCUT2D eigenvalue weighted by Crippen LogP contribution is -2.20. The Morgan fingerprint density at radius 2 is 1.81 bits per heavy atom. The van der Waals surface area contributed by atoms with E-state index in [2.05, 4.69) is 20.3 Å². The molecule has 0 aliphatic heterocycles. The van der Waals surface area contributed by atoms with E-state index in [0.717, 1.165) is 0 Å². The van der Waals surface area contributed by atoms with Gasteiger partial charge < -0.3 is 14.8 Å². The van der Waals surface area contributed by atoms with Gasteiger partial charge in [0, 0.05) is 29.2 Å². The van der Waals surface area contributed by atoms with Gasteiger partial charge in [0.25, 0.3) is 5.91 Å². The quantitative estimate of drug-likeness (QED) is 0.461. The van der Waals surface area contributed by atoms with Crippen LogP contribution in [-0.4, -0.2) is 32.0 Å². The van der Waals surface area contributed by atoms with Crippen molar-refractivity contribution in [3.63, 3.8) is 0 Å². The number of carbonyl (C=O) groups is 1. The number of nitrogens with one attached hydrogen (secondary N) is 1. The minimum Gasteiger partial charge on any atom is -0.484 e. The van der Waals surface area contributed by atoms with Crippen LogP contribution in [0, 0.1) is 6.92 Å². The number of amides is 1. The van der Waals surface area contributed by atoms with E-state index in [9.17, 15) is 4.79 Å². The number of halogens is 1. The summed E-state index contributed by atoms with van der Waals surface area (Å²) >= 11 is 5.83. The highest BCUT2D eigenvalue weighted by Gasteiger charge is 2.08. The number of anilines is 1. The Labute approximate surface area is 183 Å². The van der Waals surface area contributed by atoms with Crippen LogP contribution in [0.3, 0.4) is 0 Å². The molecule has 2 aromatic heterocycles. The predicted octanol–water partition coefficient (Wildman–Crippen LogP) is 4.43. The molecule has 156 valence electrons. The first-order chi connectivity index (χ1) is 15.0. The third kappa shape index (κ3) is 5.58. The molecule has 0 fully saturated rings. The van der Waals surface area contributed by atoms with Crippen molar-refractivity contribution in [3.05, 3.63) is 84.2 Å². The first-order valence-corrected chi connectivity index (χ1v) is 9.73. The molecule has 0 radical (unpaired) electrons. The molecule has 0 aliphatic rings. The van der Waals surface area contributed by atoms with Gasteiger partial charge in [-0.2, -0.15) is 4.98 Å². The van der Waals surface area contributed by atoms with Gasteiger partial charge in [-0.1, -0.05) is 11.6 Å². The van der Waals surface area contributed by atoms with E-state index in [0.29, 0.717) is 39.7 Å². The van der Waals surface area contributed by atoms with Crippen molar-refractivity contribution in [3.8, 4) is 23.2 Å². The number of aromatic nitrogens is 4. The van der Waals surface area contributed by atoms with E-state index in [1.54, 1.807) is 84.8 Å². The molecule has 0 bridgehead atoms. The molecule has 0 spiro atoms. The van der Waals surface area contributed by atoms with Crippen molar-refractivity contribution in [2.45, 2.75) is 6.92 Å². The number of benzene rings is 2. The van der Waals surface area contributed by atoms with Gasteiger partial charge in [-0.05, 0) is 55.5 Å². The van der Waals surface area contributed by atoms with Crippen molar-refractivity contribution in [2.24, 2.45) is 0 Å². The summed E-state index contributed by atoms with van der Waals surface area (Å²) in [6.07, 6.45) is 5.12. The van der Waals surface area contributed by atoms with Crippen LogP contribution < -0.4 is 14.8 Å². The summed E-state index contributed by atoms with van der Waals surface area (Å²) in [4.78, 5) is 24.8. The van der Waals surface area contributed by atoms with Crippen molar-refractivity contribution >= 4 is 23.2 Å². The second-order valence-corrected chi connectivity index (χ2v) is 6.94. The second kappa shape index (κ2) is 9.27. The molecule has 9 heteroatoms. The summed E-state index contributed by atoms with van der Waals surface area (Å²) < 4.78 is 13.0. The highest BCUT2D eigenvalue weighted by Crippen LogP contribution is 2.23. The topological polar surface area (TPSA) is 91.2 Å². The van der Waals surface area contributed by atoms with Gasteiger partial charge in [-0.15, -0.1) is 0 Å². The molecule has 8 nitrogen and oxygen atoms in total. The van der Waals surface area contributed by atoms with Crippen molar-refractivity contribution in [1.82, 2.24) is 19.5 Å². The zero-order valence-electron chi connectivity index (χ0n) is 16.5. The van der Waals surface area contributed by atoms with E-state index >= 15 is 0 Å². The van der Waals surface area contributed by atoms with Gasteiger partial charge in [0.1, 0.15) is 29.5 Å². The SMILES string of the molecule is Cc1nc(Oc2ccc(NC(=O)COc3ccc(Cl)cc3)cc2)cc(-n2ccnc2)n1. The van der Waals surface area contributed by atoms with Crippen LogP contribution in [0.5, 0.6) is 17.4 Å². The Bertz CT molecular complexity index is 1160. The van der Waals surface area contributed by atoms with Crippen molar-refractivity contribution < 1.29 is 14.3 Å². The van der Waals surface area contributed by atoms with E-state index in [1.165, 1.54) is 0 Å². The second-order valence-electron chi connectivity index (χ2n) is 6.50. The van der Waals surface area contributed by atoms with Gasteiger partial charge in [-0.3, -0.25) is 9.36 Å². The van der Waals surface area contributed by atoms with E-state index in [-0.39, 0.29) is 12.5 Å². The fourth-order valence-electron chi connectivity index (χ4n) is 2.71. The molecule has 0 unspecified atom stereocenters. The Kier molecular flexibility index (Phi) is 6.09. The number of aryl methyl sites for hydroxylation is 1. The molecule has 31 heavy (non-hydrogen) atoms. The van der Waals surface area contributed by atoms with Gasteiger partial charge >= 0.3 is 0 Å². The summed E-state index contributed by atoms with van der Waals surface area (Å²) in [5.74, 6) is 2.50. The lowest BCUT2D eigenvalue weighted by molar-refractivity contribution is -0.118. The molecule has 4 rings (SSSR count). The van der Waals surface area contributed by atoms with Gasteiger partial charge in [0.2, 0.25) is 5.88 Å². The van der Waals surface area contributed by atoms with Gasteiger partial charge in [0.15, 0.2) is 6.61 Å². The van der Waals surface area contributed by atoms with E-state index < -0.39 is 0 Å². The number of nitrogens with zero attached hydrogens (tertiary/aromatic N) is 4.